The van der Waals surface area contributed by atoms with Crippen LogP contribution in [-0.2, 0) is 4.79 Å². The maximum atomic E-state index is 11.4. The molecular weight excluding hydrogens is 248 g/mol. The number of hydrogen-bond donors (Lipinski definition) is 3. The molecule has 0 saturated heterocycles. The average molecular weight is 264 g/mol. The Labute approximate surface area is 111 Å². The van der Waals surface area contributed by atoms with Gasteiger partial charge in [-0.1, -0.05) is 19.1 Å². The Kier molecular flexibility index (Phi) is 5.79. The van der Waals surface area contributed by atoms with Crippen molar-refractivity contribution in [3.8, 4) is 0 Å². The van der Waals surface area contributed by atoms with Crippen molar-refractivity contribution in [3.05, 3.63) is 29.8 Å². The van der Waals surface area contributed by atoms with Crippen LogP contribution >= 0.6 is 12.2 Å². The van der Waals surface area contributed by atoms with Crippen LogP contribution in [-0.4, -0.2) is 17.2 Å². The molecule has 6 heteroatoms. The minimum Gasteiger partial charge on any atom is -0.375 e. The number of carbonyl (C=O) groups is 1. The van der Waals surface area contributed by atoms with Gasteiger partial charge in [-0.3, -0.25) is 10.2 Å². The van der Waals surface area contributed by atoms with Crippen molar-refractivity contribution >= 4 is 35.1 Å². The third-order valence-electron chi connectivity index (χ3n) is 2.06. The van der Waals surface area contributed by atoms with Crippen molar-refractivity contribution < 1.29 is 4.79 Å². The predicted octanol–water partition coefficient (Wildman–Crippen LogP) is 1.59. The molecule has 0 saturated carbocycles. The molecule has 0 aromatic heterocycles. The summed E-state index contributed by atoms with van der Waals surface area (Å²) in [7, 11) is 0. The van der Waals surface area contributed by atoms with Crippen LogP contribution in [0, 0.1) is 0 Å². The zero-order chi connectivity index (χ0) is 13.4. The highest BCUT2D eigenvalue weighted by molar-refractivity contribution is 7.80. The lowest BCUT2D eigenvalue weighted by Gasteiger charge is -2.04. The monoisotopic (exact) mass is 264 g/mol. The Morgan fingerprint density at radius 3 is 2.67 bits per heavy atom. The SMILES string of the molecule is CCCC(=O)Nc1ccc(/C=N/NC(N)=S)cc1. The molecular formula is C12H16N4OS. The lowest BCUT2D eigenvalue weighted by atomic mass is 10.2. The summed E-state index contributed by atoms with van der Waals surface area (Å²) in [5.41, 5.74) is 9.34. The molecule has 1 amide bonds. The lowest BCUT2D eigenvalue weighted by Crippen LogP contribution is -2.23. The van der Waals surface area contributed by atoms with Crippen LogP contribution in [0.2, 0.25) is 0 Å². The first kappa shape index (κ1) is 14.1. The van der Waals surface area contributed by atoms with E-state index < -0.39 is 0 Å². The number of nitrogens with two attached hydrogens (primary N) is 1. The summed E-state index contributed by atoms with van der Waals surface area (Å²) in [5, 5.41) is 6.76. The van der Waals surface area contributed by atoms with Crippen LogP contribution < -0.4 is 16.5 Å². The van der Waals surface area contributed by atoms with Crippen molar-refractivity contribution in [2.75, 3.05) is 5.32 Å². The summed E-state index contributed by atoms with van der Waals surface area (Å²) in [4.78, 5) is 11.4. The number of hydrogen-bond acceptors (Lipinski definition) is 3. The molecule has 96 valence electrons. The second-order valence-corrected chi connectivity index (χ2v) is 4.09. The van der Waals surface area contributed by atoms with E-state index in [4.69, 9.17) is 5.73 Å². The molecule has 18 heavy (non-hydrogen) atoms. The molecule has 1 aromatic carbocycles. The fraction of sp³-hybridized carbons (Fsp3) is 0.250. The molecule has 0 aliphatic heterocycles. The fourth-order valence-electron chi connectivity index (χ4n) is 1.27. The van der Waals surface area contributed by atoms with Gasteiger partial charge in [-0.25, -0.2) is 0 Å². The van der Waals surface area contributed by atoms with E-state index in [1.165, 1.54) is 0 Å². The summed E-state index contributed by atoms with van der Waals surface area (Å²) in [6.45, 7) is 1.97. The van der Waals surface area contributed by atoms with Crippen LogP contribution in [0.1, 0.15) is 25.3 Å². The molecule has 0 aliphatic carbocycles. The van der Waals surface area contributed by atoms with Gasteiger partial charge in [0.05, 0.1) is 6.21 Å². The maximum absolute atomic E-state index is 11.4. The number of thiocarbonyl (C=S) groups is 1. The third-order valence-corrected chi connectivity index (χ3v) is 2.15. The van der Waals surface area contributed by atoms with Crippen LogP contribution in [0.15, 0.2) is 29.4 Å². The van der Waals surface area contributed by atoms with Crippen LogP contribution in [0.4, 0.5) is 5.69 Å². The minimum atomic E-state index is 0.0223. The van der Waals surface area contributed by atoms with Gasteiger partial charge in [-0.05, 0) is 36.3 Å². The van der Waals surface area contributed by atoms with Crippen LogP contribution in [0.5, 0.6) is 0 Å². The van der Waals surface area contributed by atoms with E-state index in [1.807, 2.05) is 31.2 Å². The zero-order valence-electron chi connectivity index (χ0n) is 10.1. The molecule has 0 spiro atoms. The first-order valence-electron chi connectivity index (χ1n) is 5.60. The highest BCUT2D eigenvalue weighted by atomic mass is 32.1. The zero-order valence-corrected chi connectivity index (χ0v) is 11.0. The van der Waals surface area contributed by atoms with Gasteiger partial charge in [-0.15, -0.1) is 0 Å². The Morgan fingerprint density at radius 2 is 2.11 bits per heavy atom. The van der Waals surface area contributed by atoms with Crippen molar-refractivity contribution in [1.29, 1.82) is 0 Å². The van der Waals surface area contributed by atoms with E-state index in [9.17, 15) is 4.79 Å². The third kappa shape index (κ3) is 5.40. The first-order valence-corrected chi connectivity index (χ1v) is 6.01. The van der Waals surface area contributed by atoms with Crippen molar-refractivity contribution in [2.45, 2.75) is 19.8 Å². The number of benzene rings is 1. The first-order chi connectivity index (χ1) is 8.61. The lowest BCUT2D eigenvalue weighted by molar-refractivity contribution is -0.116. The number of anilines is 1. The Morgan fingerprint density at radius 1 is 1.44 bits per heavy atom. The topological polar surface area (TPSA) is 79.5 Å². The predicted molar refractivity (Wildman–Crippen MR) is 77.5 cm³/mol. The number of nitrogens with zero attached hydrogens (tertiary/aromatic N) is 1. The number of hydrazone groups is 1. The van der Waals surface area contributed by atoms with E-state index in [1.54, 1.807) is 6.21 Å². The van der Waals surface area contributed by atoms with E-state index in [0.29, 0.717) is 6.42 Å². The van der Waals surface area contributed by atoms with Crippen molar-refractivity contribution in [2.24, 2.45) is 10.8 Å². The number of carbonyl (C=O) groups excluding carboxylic acids is 1. The Bertz CT molecular complexity index is 442. The van der Waals surface area contributed by atoms with E-state index in [0.717, 1.165) is 17.7 Å². The summed E-state index contributed by atoms with van der Waals surface area (Å²) in [5.74, 6) is 0.0223. The molecule has 1 aromatic rings. The van der Waals surface area contributed by atoms with Gasteiger partial charge in [0.25, 0.3) is 0 Å². The van der Waals surface area contributed by atoms with Gasteiger partial charge in [0.1, 0.15) is 0 Å². The molecule has 0 unspecified atom stereocenters. The summed E-state index contributed by atoms with van der Waals surface area (Å²) >= 11 is 4.61. The molecule has 4 N–H and O–H groups in total. The highest BCUT2D eigenvalue weighted by Crippen LogP contribution is 2.08. The molecule has 0 atom stereocenters. The second kappa shape index (κ2) is 7.39. The molecule has 0 heterocycles. The minimum absolute atomic E-state index is 0.0223. The van der Waals surface area contributed by atoms with E-state index in [-0.39, 0.29) is 11.0 Å². The van der Waals surface area contributed by atoms with Crippen LogP contribution in [0.25, 0.3) is 0 Å². The molecule has 0 radical (unpaired) electrons. The molecule has 0 aliphatic rings. The average Bonchev–Trinajstić information content (AvgIpc) is 2.31. The second-order valence-electron chi connectivity index (χ2n) is 3.65. The fourth-order valence-corrected chi connectivity index (χ4v) is 1.33. The van der Waals surface area contributed by atoms with Crippen molar-refractivity contribution in [1.82, 2.24) is 5.43 Å². The Balaban J connectivity index is 2.54. The van der Waals surface area contributed by atoms with Gasteiger partial charge < -0.3 is 11.1 Å². The largest absolute Gasteiger partial charge is 0.375 e. The van der Waals surface area contributed by atoms with Gasteiger partial charge in [0.2, 0.25) is 5.91 Å². The summed E-state index contributed by atoms with van der Waals surface area (Å²) in [6, 6.07) is 7.31. The van der Waals surface area contributed by atoms with Gasteiger partial charge in [0.15, 0.2) is 5.11 Å². The quantitative estimate of drug-likeness (QED) is 0.429. The van der Waals surface area contributed by atoms with Gasteiger partial charge >= 0.3 is 0 Å². The van der Waals surface area contributed by atoms with E-state index in [2.05, 4.69) is 28.1 Å². The van der Waals surface area contributed by atoms with Gasteiger partial charge in [0, 0.05) is 12.1 Å². The summed E-state index contributed by atoms with van der Waals surface area (Å²) in [6.07, 6.45) is 2.96. The Hall–Kier alpha value is -1.95. The summed E-state index contributed by atoms with van der Waals surface area (Å²) < 4.78 is 0. The van der Waals surface area contributed by atoms with Crippen molar-refractivity contribution in [3.63, 3.8) is 0 Å². The normalized spacial score (nSPS) is 10.3. The van der Waals surface area contributed by atoms with E-state index >= 15 is 0 Å². The molecule has 0 bridgehead atoms. The molecule has 0 fully saturated rings. The molecule has 1 rings (SSSR count). The number of amides is 1. The number of nitrogens with one attached hydrogen (secondary N) is 2. The van der Waals surface area contributed by atoms with Crippen LogP contribution in [0.3, 0.4) is 0 Å². The maximum Gasteiger partial charge on any atom is 0.224 e. The number of rotatable bonds is 5. The van der Waals surface area contributed by atoms with Gasteiger partial charge in [-0.2, -0.15) is 5.10 Å². The smallest absolute Gasteiger partial charge is 0.224 e. The highest BCUT2D eigenvalue weighted by Gasteiger charge is 1.99. The molecule has 5 nitrogen and oxygen atoms in total. The standard InChI is InChI=1S/C12H16N4OS/c1-2-3-11(17)15-10-6-4-9(5-7-10)8-14-16-12(13)18/h4-8H,2-3H2,1H3,(H,15,17)(H3,13,16,18)/b14-8+.